The third kappa shape index (κ3) is 5.58. The first kappa shape index (κ1) is 21.3. The molecule has 1 unspecified atom stereocenters. The molecule has 28 heavy (non-hydrogen) atoms. The van der Waals surface area contributed by atoms with Crippen molar-refractivity contribution < 1.29 is 4.52 Å². The number of hydrogen-bond acceptors (Lipinski definition) is 5. The highest BCUT2D eigenvalue weighted by molar-refractivity contribution is 6.30. The van der Waals surface area contributed by atoms with Crippen LogP contribution in [0.25, 0.3) is 11.4 Å². The number of aryl methyl sites for hydroxylation is 2. The van der Waals surface area contributed by atoms with Gasteiger partial charge in [-0.15, -0.1) is 0 Å². The predicted molar refractivity (Wildman–Crippen MR) is 113 cm³/mol. The number of likely N-dealkylation sites (tertiary alicyclic amines) is 1. The van der Waals surface area contributed by atoms with Gasteiger partial charge in [0.1, 0.15) is 22.3 Å². The fourth-order valence-corrected chi connectivity index (χ4v) is 3.95. The molecule has 3 rings (SSSR count). The summed E-state index contributed by atoms with van der Waals surface area (Å²) in [6, 6.07) is 2.52. The summed E-state index contributed by atoms with van der Waals surface area (Å²) in [7, 11) is 1.87. The predicted octanol–water partition coefficient (Wildman–Crippen LogP) is 4.42. The Balaban J connectivity index is 1.62. The number of nitrogens with one attached hydrogen (secondary N) is 1. The minimum Gasteiger partial charge on any atom is -0.361 e. The second-order valence-electron chi connectivity index (χ2n) is 9.23. The molecule has 0 amide bonds. The fraction of sp³-hybridized carbons (Fsp3) is 0.714. The molecule has 0 bridgehead atoms. The summed E-state index contributed by atoms with van der Waals surface area (Å²) >= 11 is 6.57. The van der Waals surface area contributed by atoms with Crippen LogP contribution in [0.2, 0.25) is 5.15 Å². The van der Waals surface area contributed by atoms with E-state index in [-0.39, 0.29) is 0 Å². The van der Waals surface area contributed by atoms with E-state index in [1.807, 2.05) is 20.0 Å². The van der Waals surface area contributed by atoms with Crippen LogP contribution in [0.1, 0.15) is 57.8 Å². The van der Waals surface area contributed by atoms with Gasteiger partial charge in [-0.25, -0.2) is 0 Å². The monoisotopic (exact) mass is 407 g/mol. The van der Waals surface area contributed by atoms with Crippen LogP contribution in [0.4, 0.5) is 0 Å². The Kier molecular flexibility index (Phi) is 6.84. The zero-order valence-electron chi connectivity index (χ0n) is 17.9. The molecule has 0 aromatic carbocycles. The van der Waals surface area contributed by atoms with Crippen LogP contribution in [-0.2, 0) is 13.6 Å². The number of rotatable bonds is 6. The molecule has 156 valence electrons. The second kappa shape index (κ2) is 8.97. The van der Waals surface area contributed by atoms with Crippen LogP contribution in [0.15, 0.2) is 10.6 Å². The molecule has 2 aromatic rings. The van der Waals surface area contributed by atoms with Crippen molar-refractivity contribution in [3.05, 3.63) is 22.5 Å². The summed E-state index contributed by atoms with van der Waals surface area (Å²) in [5.74, 6) is 0.779. The van der Waals surface area contributed by atoms with Crippen molar-refractivity contribution in [3.63, 3.8) is 0 Å². The van der Waals surface area contributed by atoms with E-state index < -0.39 is 0 Å². The Hall–Kier alpha value is -1.37. The quantitative estimate of drug-likeness (QED) is 0.768. The zero-order valence-corrected chi connectivity index (χ0v) is 18.6. The molecule has 7 heteroatoms. The molecular weight excluding hydrogens is 374 g/mol. The van der Waals surface area contributed by atoms with E-state index in [1.54, 1.807) is 4.68 Å². The van der Waals surface area contributed by atoms with Gasteiger partial charge in [0.25, 0.3) is 0 Å². The average molecular weight is 408 g/mol. The molecule has 1 N–H and O–H groups in total. The molecule has 0 spiro atoms. The van der Waals surface area contributed by atoms with Crippen molar-refractivity contribution in [2.45, 2.75) is 66.0 Å². The van der Waals surface area contributed by atoms with Gasteiger partial charge in [0.2, 0.25) is 0 Å². The molecular formula is C21H34ClN5O. The molecule has 1 atom stereocenters. The maximum atomic E-state index is 6.57. The smallest absolute Gasteiger partial charge is 0.134 e. The van der Waals surface area contributed by atoms with Gasteiger partial charge in [0.15, 0.2) is 0 Å². The number of hydrogen-bond donors (Lipinski definition) is 1. The number of aromatic nitrogens is 3. The highest BCUT2D eigenvalue weighted by Crippen LogP contribution is 2.30. The SMILES string of the molecule is Cc1cc(-c2nn(C)c(Cl)c2CN2CCCC(NCCC(C)(C)C)CC2)no1. The van der Waals surface area contributed by atoms with Gasteiger partial charge in [-0.2, -0.15) is 5.10 Å². The van der Waals surface area contributed by atoms with Crippen molar-refractivity contribution in [1.82, 2.24) is 25.2 Å². The van der Waals surface area contributed by atoms with E-state index in [4.69, 9.17) is 16.1 Å². The lowest BCUT2D eigenvalue weighted by molar-refractivity contribution is 0.273. The lowest BCUT2D eigenvalue weighted by Crippen LogP contribution is -2.33. The highest BCUT2D eigenvalue weighted by atomic mass is 35.5. The van der Waals surface area contributed by atoms with Crippen LogP contribution < -0.4 is 5.32 Å². The van der Waals surface area contributed by atoms with Gasteiger partial charge in [-0.1, -0.05) is 37.5 Å². The first-order chi connectivity index (χ1) is 13.2. The molecule has 3 heterocycles. The van der Waals surface area contributed by atoms with Gasteiger partial charge in [-0.3, -0.25) is 9.58 Å². The topological polar surface area (TPSA) is 59.1 Å². The van der Waals surface area contributed by atoms with Crippen molar-refractivity contribution in [3.8, 4) is 11.4 Å². The molecule has 1 aliphatic rings. The van der Waals surface area contributed by atoms with Gasteiger partial charge < -0.3 is 9.84 Å². The van der Waals surface area contributed by atoms with Gasteiger partial charge in [0.05, 0.1) is 0 Å². The molecule has 1 fully saturated rings. The van der Waals surface area contributed by atoms with Gasteiger partial charge in [0, 0.05) is 31.3 Å². The molecule has 0 radical (unpaired) electrons. The molecule has 0 aliphatic carbocycles. The van der Waals surface area contributed by atoms with Crippen molar-refractivity contribution in [1.29, 1.82) is 0 Å². The minimum atomic E-state index is 0.386. The zero-order chi connectivity index (χ0) is 20.3. The van der Waals surface area contributed by atoms with Gasteiger partial charge >= 0.3 is 0 Å². The maximum Gasteiger partial charge on any atom is 0.134 e. The van der Waals surface area contributed by atoms with Crippen LogP contribution in [-0.4, -0.2) is 45.5 Å². The lowest BCUT2D eigenvalue weighted by atomic mass is 9.92. The Morgan fingerprint density at radius 2 is 2.07 bits per heavy atom. The summed E-state index contributed by atoms with van der Waals surface area (Å²) in [5.41, 5.74) is 3.01. The summed E-state index contributed by atoms with van der Waals surface area (Å²) in [5, 5.41) is 13.2. The van der Waals surface area contributed by atoms with E-state index in [2.05, 4.69) is 41.2 Å². The third-order valence-electron chi connectivity index (χ3n) is 5.45. The van der Waals surface area contributed by atoms with Crippen LogP contribution in [0, 0.1) is 12.3 Å². The normalized spacial score (nSPS) is 19.1. The van der Waals surface area contributed by atoms with Gasteiger partial charge in [-0.05, 0) is 57.7 Å². The third-order valence-corrected chi connectivity index (χ3v) is 5.92. The molecule has 0 saturated carbocycles. The van der Waals surface area contributed by atoms with E-state index in [0.29, 0.717) is 16.6 Å². The van der Waals surface area contributed by atoms with E-state index in [9.17, 15) is 0 Å². The summed E-state index contributed by atoms with van der Waals surface area (Å²) in [4.78, 5) is 2.49. The lowest BCUT2D eigenvalue weighted by Gasteiger charge is -2.22. The Morgan fingerprint density at radius 1 is 1.29 bits per heavy atom. The van der Waals surface area contributed by atoms with Crippen molar-refractivity contribution in [2.75, 3.05) is 19.6 Å². The summed E-state index contributed by atoms with van der Waals surface area (Å²) < 4.78 is 6.97. The van der Waals surface area contributed by atoms with Crippen LogP contribution in [0.5, 0.6) is 0 Å². The summed E-state index contributed by atoms with van der Waals surface area (Å²) in [6.45, 7) is 12.8. The number of nitrogens with zero attached hydrogens (tertiary/aromatic N) is 4. The first-order valence-electron chi connectivity index (χ1n) is 10.3. The van der Waals surface area contributed by atoms with Crippen molar-refractivity contribution >= 4 is 11.6 Å². The van der Waals surface area contributed by atoms with E-state index in [1.165, 1.54) is 25.7 Å². The van der Waals surface area contributed by atoms with Crippen LogP contribution in [0.3, 0.4) is 0 Å². The first-order valence-corrected chi connectivity index (χ1v) is 10.7. The average Bonchev–Trinajstić information content (AvgIpc) is 3.06. The molecule has 1 saturated heterocycles. The van der Waals surface area contributed by atoms with Crippen LogP contribution >= 0.6 is 11.6 Å². The van der Waals surface area contributed by atoms with E-state index >= 15 is 0 Å². The molecule has 2 aromatic heterocycles. The Labute approximate surface area is 173 Å². The van der Waals surface area contributed by atoms with Crippen molar-refractivity contribution in [2.24, 2.45) is 12.5 Å². The highest BCUT2D eigenvalue weighted by Gasteiger charge is 2.23. The maximum absolute atomic E-state index is 6.57. The Morgan fingerprint density at radius 3 is 2.75 bits per heavy atom. The fourth-order valence-electron chi connectivity index (χ4n) is 3.76. The largest absolute Gasteiger partial charge is 0.361 e. The molecule has 6 nitrogen and oxygen atoms in total. The molecule has 1 aliphatic heterocycles. The second-order valence-corrected chi connectivity index (χ2v) is 9.59. The Bertz CT molecular complexity index is 776. The number of halogens is 1. The minimum absolute atomic E-state index is 0.386. The van der Waals surface area contributed by atoms with E-state index in [0.717, 1.165) is 48.9 Å². The standard InChI is InChI=1S/C21H34ClN5O/c1-15-13-18(25-28-15)19-17(20(22)26(5)24-19)14-27-11-6-7-16(8-12-27)23-10-9-21(2,3)4/h13,16,23H,6-12,14H2,1-5H3. The summed E-state index contributed by atoms with van der Waals surface area (Å²) in [6.07, 6.45) is 4.81.